The fourth-order valence-corrected chi connectivity index (χ4v) is 2.00. The van der Waals surface area contributed by atoms with Crippen molar-refractivity contribution in [2.24, 2.45) is 0 Å². The molecule has 1 aromatic heterocycles. The fraction of sp³-hybridized carbons (Fsp3) is 0.267. The number of hydrogen-bond acceptors (Lipinski definition) is 5. The summed E-state index contributed by atoms with van der Waals surface area (Å²) >= 11 is 0. The van der Waals surface area contributed by atoms with Crippen LogP contribution in [0.3, 0.4) is 0 Å². The smallest absolute Gasteiger partial charge is 0.356 e. The summed E-state index contributed by atoms with van der Waals surface area (Å²) in [6.45, 7) is 3.99. The summed E-state index contributed by atoms with van der Waals surface area (Å²) in [5.74, 6) is 0.203. The third-order valence-electron chi connectivity index (χ3n) is 3.09. The van der Waals surface area contributed by atoms with Gasteiger partial charge in [0, 0.05) is 5.56 Å². The van der Waals surface area contributed by atoms with E-state index < -0.39 is 5.97 Å². The van der Waals surface area contributed by atoms with Crippen molar-refractivity contribution in [1.82, 2.24) is 9.97 Å². The number of carboxylic acid groups (broad SMARTS) is 1. The number of ether oxygens (including phenoxy) is 1. The minimum Gasteiger partial charge on any atom is -0.496 e. The van der Waals surface area contributed by atoms with Gasteiger partial charge in [0.25, 0.3) is 0 Å². The number of nitrogens with zero attached hydrogens (tertiary/aromatic N) is 2. The van der Waals surface area contributed by atoms with Crippen LogP contribution < -0.4 is 10.1 Å². The molecule has 1 atom stereocenters. The Labute approximate surface area is 122 Å². The van der Waals surface area contributed by atoms with Crippen molar-refractivity contribution in [3.63, 3.8) is 0 Å². The van der Waals surface area contributed by atoms with Crippen LogP contribution in [-0.2, 0) is 0 Å². The van der Waals surface area contributed by atoms with Crippen LogP contribution in [0.5, 0.6) is 5.75 Å². The Kier molecular flexibility index (Phi) is 4.37. The van der Waals surface area contributed by atoms with Gasteiger partial charge in [0.2, 0.25) is 0 Å². The predicted octanol–water partition coefficient (Wildman–Crippen LogP) is 2.66. The Balaban J connectivity index is 2.19. The van der Waals surface area contributed by atoms with Crippen LogP contribution in [0.25, 0.3) is 0 Å². The molecule has 0 amide bonds. The molecule has 0 saturated carbocycles. The number of anilines is 1. The monoisotopic (exact) mass is 287 g/mol. The number of aryl methyl sites for hydroxylation is 1. The molecule has 21 heavy (non-hydrogen) atoms. The number of methoxy groups -OCH3 is 1. The minimum absolute atomic E-state index is 0.0511. The molecule has 0 aliphatic heterocycles. The largest absolute Gasteiger partial charge is 0.496 e. The number of carbonyl (C=O) groups is 1. The van der Waals surface area contributed by atoms with E-state index in [1.165, 1.54) is 12.4 Å². The normalized spacial score (nSPS) is 11.8. The van der Waals surface area contributed by atoms with Crippen LogP contribution in [0.4, 0.5) is 5.82 Å². The predicted molar refractivity (Wildman–Crippen MR) is 78.8 cm³/mol. The number of aromatic nitrogens is 2. The molecule has 0 aliphatic rings. The van der Waals surface area contributed by atoms with E-state index in [4.69, 9.17) is 9.84 Å². The van der Waals surface area contributed by atoms with Crippen molar-refractivity contribution in [2.75, 3.05) is 12.4 Å². The van der Waals surface area contributed by atoms with Gasteiger partial charge < -0.3 is 15.2 Å². The molecule has 6 nitrogen and oxygen atoms in total. The molecule has 110 valence electrons. The van der Waals surface area contributed by atoms with E-state index in [1.807, 2.05) is 32.0 Å². The van der Waals surface area contributed by atoms with Crippen LogP contribution in [0.15, 0.2) is 30.6 Å². The quantitative estimate of drug-likeness (QED) is 0.879. The molecule has 0 radical (unpaired) electrons. The Morgan fingerprint density at radius 3 is 2.67 bits per heavy atom. The van der Waals surface area contributed by atoms with Gasteiger partial charge in [-0.05, 0) is 19.9 Å². The zero-order valence-corrected chi connectivity index (χ0v) is 12.1. The maximum absolute atomic E-state index is 10.7. The van der Waals surface area contributed by atoms with Gasteiger partial charge in [0.1, 0.15) is 11.6 Å². The van der Waals surface area contributed by atoms with E-state index in [0.717, 1.165) is 16.9 Å². The van der Waals surface area contributed by atoms with Gasteiger partial charge in [-0.15, -0.1) is 0 Å². The van der Waals surface area contributed by atoms with Gasteiger partial charge in [0.15, 0.2) is 5.69 Å². The van der Waals surface area contributed by atoms with Crippen molar-refractivity contribution in [1.29, 1.82) is 0 Å². The third-order valence-corrected chi connectivity index (χ3v) is 3.09. The summed E-state index contributed by atoms with van der Waals surface area (Å²) < 4.78 is 5.36. The van der Waals surface area contributed by atoms with Gasteiger partial charge >= 0.3 is 5.97 Å². The lowest BCUT2D eigenvalue weighted by molar-refractivity contribution is 0.0690. The highest BCUT2D eigenvalue weighted by atomic mass is 16.5. The van der Waals surface area contributed by atoms with Gasteiger partial charge in [-0.25, -0.2) is 14.8 Å². The topological polar surface area (TPSA) is 84.3 Å². The zero-order chi connectivity index (χ0) is 15.4. The van der Waals surface area contributed by atoms with Crippen molar-refractivity contribution in [3.05, 3.63) is 47.4 Å². The number of hydrogen-bond donors (Lipinski definition) is 2. The van der Waals surface area contributed by atoms with Gasteiger partial charge in [-0.2, -0.15) is 0 Å². The second-order valence-electron chi connectivity index (χ2n) is 4.70. The summed E-state index contributed by atoms with van der Waals surface area (Å²) in [5.41, 5.74) is 2.05. The maximum Gasteiger partial charge on any atom is 0.356 e. The van der Waals surface area contributed by atoms with E-state index in [9.17, 15) is 4.79 Å². The highest BCUT2D eigenvalue weighted by molar-refractivity contribution is 5.84. The molecule has 2 N–H and O–H groups in total. The number of nitrogens with one attached hydrogen (secondary N) is 1. The lowest BCUT2D eigenvalue weighted by Gasteiger charge is -2.18. The first-order valence-electron chi connectivity index (χ1n) is 6.47. The van der Waals surface area contributed by atoms with Crippen LogP contribution in [0.1, 0.15) is 34.6 Å². The van der Waals surface area contributed by atoms with E-state index in [-0.39, 0.29) is 11.7 Å². The Morgan fingerprint density at radius 1 is 1.33 bits per heavy atom. The van der Waals surface area contributed by atoms with Gasteiger partial charge in [-0.3, -0.25) is 0 Å². The van der Waals surface area contributed by atoms with Crippen molar-refractivity contribution < 1.29 is 14.6 Å². The van der Waals surface area contributed by atoms with Crippen molar-refractivity contribution >= 4 is 11.8 Å². The molecule has 0 bridgehead atoms. The van der Waals surface area contributed by atoms with Crippen LogP contribution in [0.2, 0.25) is 0 Å². The van der Waals surface area contributed by atoms with E-state index in [1.54, 1.807) is 7.11 Å². The van der Waals surface area contributed by atoms with Crippen molar-refractivity contribution in [3.8, 4) is 5.75 Å². The number of carboxylic acids is 1. The molecular weight excluding hydrogens is 270 g/mol. The molecule has 0 aliphatic carbocycles. The summed E-state index contributed by atoms with van der Waals surface area (Å²) in [6.07, 6.45) is 2.63. The first-order valence-corrected chi connectivity index (χ1v) is 6.47. The first-order chi connectivity index (χ1) is 10.0. The second-order valence-corrected chi connectivity index (χ2v) is 4.70. The molecule has 2 rings (SSSR count). The van der Waals surface area contributed by atoms with E-state index >= 15 is 0 Å². The van der Waals surface area contributed by atoms with Crippen LogP contribution >= 0.6 is 0 Å². The standard InChI is InChI=1S/C15H17N3O3/c1-9-4-5-13(21-3)11(6-9)10(2)18-14-8-16-12(7-17-14)15(19)20/h4-8,10H,1-3H3,(H,17,18)(H,19,20)/t10-/m1/s1. The molecule has 1 aromatic carbocycles. The number of rotatable bonds is 5. The average Bonchev–Trinajstić information content (AvgIpc) is 2.47. The lowest BCUT2D eigenvalue weighted by atomic mass is 10.0. The van der Waals surface area contributed by atoms with Gasteiger partial charge in [-0.1, -0.05) is 17.7 Å². The number of benzene rings is 1. The molecular formula is C15H17N3O3. The van der Waals surface area contributed by atoms with Gasteiger partial charge in [0.05, 0.1) is 25.5 Å². The highest BCUT2D eigenvalue weighted by Gasteiger charge is 2.13. The Morgan fingerprint density at radius 2 is 2.10 bits per heavy atom. The zero-order valence-electron chi connectivity index (χ0n) is 12.1. The Bertz CT molecular complexity index is 641. The SMILES string of the molecule is COc1ccc(C)cc1[C@@H](C)Nc1cnc(C(=O)O)cn1. The summed E-state index contributed by atoms with van der Waals surface area (Å²) in [6, 6.07) is 5.89. The average molecular weight is 287 g/mol. The van der Waals surface area contributed by atoms with E-state index in [0.29, 0.717) is 5.82 Å². The lowest BCUT2D eigenvalue weighted by Crippen LogP contribution is -2.11. The second kappa shape index (κ2) is 6.21. The molecule has 0 saturated heterocycles. The van der Waals surface area contributed by atoms with Crippen molar-refractivity contribution in [2.45, 2.75) is 19.9 Å². The third kappa shape index (κ3) is 3.47. The van der Waals surface area contributed by atoms with Crippen LogP contribution in [0, 0.1) is 6.92 Å². The molecule has 0 unspecified atom stereocenters. The summed E-state index contributed by atoms with van der Waals surface area (Å²) in [7, 11) is 1.63. The molecule has 2 aromatic rings. The molecule has 0 spiro atoms. The number of aromatic carboxylic acids is 1. The molecule has 6 heteroatoms. The minimum atomic E-state index is -1.09. The molecule has 1 heterocycles. The fourth-order valence-electron chi connectivity index (χ4n) is 2.00. The van der Waals surface area contributed by atoms with Crippen LogP contribution in [-0.4, -0.2) is 28.2 Å². The first kappa shape index (κ1) is 14.8. The maximum atomic E-state index is 10.7. The highest BCUT2D eigenvalue weighted by Crippen LogP contribution is 2.28. The molecule has 0 fully saturated rings. The summed E-state index contributed by atoms with van der Waals surface area (Å²) in [5, 5.41) is 12.0. The Hall–Kier alpha value is -2.63. The summed E-state index contributed by atoms with van der Waals surface area (Å²) in [4.78, 5) is 18.6. The van der Waals surface area contributed by atoms with E-state index in [2.05, 4.69) is 15.3 Å².